The number of aliphatic hydroxyl groups is 1. The second-order valence-electron chi connectivity index (χ2n) is 11.5. The summed E-state index contributed by atoms with van der Waals surface area (Å²) in [6, 6.07) is 6.19. The number of para-hydroxylation sites is 1. The van der Waals surface area contributed by atoms with Gasteiger partial charge in [0.1, 0.15) is 18.2 Å². The van der Waals surface area contributed by atoms with Gasteiger partial charge in [-0.25, -0.2) is 4.68 Å². The topological polar surface area (TPSA) is 112 Å². The molecule has 7 atom stereocenters. The van der Waals surface area contributed by atoms with E-state index >= 15 is 0 Å². The van der Waals surface area contributed by atoms with E-state index in [0.717, 1.165) is 23.9 Å². The van der Waals surface area contributed by atoms with Gasteiger partial charge in [-0.05, 0) is 30.9 Å². The van der Waals surface area contributed by atoms with Crippen LogP contribution in [0.1, 0.15) is 33.1 Å². The highest BCUT2D eigenvalue weighted by molar-refractivity contribution is 8.02. The van der Waals surface area contributed by atoms with Crippen LogP contribution in [0.2, 0.25) is 0 Å². The van der Waals surface area contributed by atoms with E-state index < -0.39 is 28.7 Å². The first kappa shape index (κ1) is 29.3. The molecule has 0 radical (unpaired) electrons. The highest BCUT2D eigenvalue weighted by Crippen LogP contribution is 2.67. The standard InChI is InChI=1S/C30H40N6O4S/c1-6-15-33(5)27(38)24-23-13-14-30(41-23)25(24)28(39)36(22(17-37)19(4)8-3)26(30)29(40)34(16-7-2)18-35-21-12-10-9-11-20(21)31-32-35/h6-7,9-12,19,22-26,37H,1-2,8,13-18H2,3-5H3/t19-,22-,23-,24+,25-,26?,30?/m0/s1. The van der Waals surface area contributed by atoms with Crippen molar-refractivity contribution in [3.63, 3.8) is 0 Å². The summed E-state index contributed by atoms with van der Waals surface area (Å²) in [4.78, 5) is 47.9. The zero-order chi connectivity index (χ0) is 29.5. The average molecular weight is 581 g/mol. The van der Waals surface area contributed by atoms with Crippen LogP contribution >= 0.6 is 11.8 Å². The average Bonchev–Trinajstić information content (AvgIpc) is 3.72. The molecule has 1 spiro atoms. The monoisotopic (exact) mass is 580 g/mol. The van der Waals surface area contributed by atoms with Crippen molar-refractivity contribution in [2.45, 2.75) is 61.9 Å². The third-order valence-corrected chi connectivity index (χ3v) is 11.2. The Kier molecular flexibility index (Phi) is 8.29. The highest BCUT2D eigenvalue weighted by Gasteiger charge is 2.74. The molecule has 1 aromatic carbocycles. The summed E-state index contributed by atoms with van der Waals surface area (Å²) in [5.41, 5.74) is 1.52. The number of likely N-dealkylation sites (N-methyl/N-ethyl adjacent to an activating group) is 1. The Morgan fingerprint density at radius 3 is 2.66 bits per heavy atom. The van der Waals surface area contributed by atoms with Crippen LogP contribution in [0.25, 0.3) is 11.0 Å². The van der Waals surface area contributed by atoms with Crippen LogP contribution in [0, 0.1) is 17.8 Å². The Morgan fingerprint density at radius 2 is 1.98 bits per heavy atom. The number of rotatable bonds is 12. The predicted molar refractivity (Wildman–Crippen MR) is 159 cm³/mol. The summed E-state index contributed by atoms with van der Waals surface area (Å²) in [5.74, 6) is -1.70. The number of fused-ring (bicyclic) bond motifs is 2. The number of likely N-dealkylation sites (tertiary alicyclic amines) is 1. The molecule has 2 aromatic rings. The van der Waals surface area contributed by atoms with Crippen molar-refractivity contribution < 1.29 is 19.5 Å². The normalized spacial score (nSPS) is 28.0. The van der Waals surface area contributed by atoms with Crippen molar-refractivity contribution in [3.8, 4) is 0 Å². The molecule has 0 saturated carbocycles. The third-order valence-electron chi connectivity index (χ3n) is 9.27. The molecule has 3 amide bonds. The molecule has 4 heterocycles. The molecule has 3 saturated heterocycles. The van der Waals surface area contributed by atoms with Crippen molar-refractivity contribution >= 4 is 40.5 Å². The Morgan fingerprint density at radius 1 is 1.24 bits per heavy atom. The van der Waals surface area contributed by atoms with E-state index in [1.165, 1.54) is 0 Å². The van der Waals surface area contributed by atoms with Gasteiger partial charge in [-0.3, -0.25) is 14.4 Å². The maximum atomic E-state index is 14.7. The first-order valence-corrected chi connectivity index (χ1v) is 15.3. The number of aliphatic hydroxyl groups excluding tert-OH is 1. The Hall–Kier alpha value is -3.18. The number of hydrogen-bond donors (Lipinski definition) is 1. The summed E-state index contributed by atoms with van der Waals surface area (Å²) in [5, 5.41) is 19.1. The number of aromatic nitrogens is 3. The molecule has 11 heteroatoms. The molecule has 2 unspecified atom stereocenters. The number of thioether (sulfide) groups is 1. The summed E-state index contributed by atoms with van der Waals surface area (Å²) in [7, 11) is 1.73. The van der Waals surface area contributed by atoms with Crippen molar-refractivity contribution in [1.82, 2.24) is 29.7 Å². The highest BCUT2D eigenvalue weighted by atomic mass is 32.2. The van der Waals surface area contributed by atoms with Crippen LogP contribution < -0.4 is 0 Å². The SMILES string of the molecule is C=CCN(C)C(=O)[C@@H]1[C@@H]2CCC3(S2)C(C(=O)N(CC=C)Cn2nnc4ccccc42)N([C@@H](CO)[C@@H](C)CC)C(=O)[C@H]13. The lowest BCUT2D eigenvalue weighted by Crippen LogP contribution is -2.58. The summed E-state index contributed by atoms with van der Waals surface area (Å²) >= 11 is 1.63. The zero-order valence-corrected chi connectivity index (χ0v) is 24.9. The second kappa shape index (κ2) is 11.6. The quantitative estimate of drug-likeness (QED) is 0.384. The number of carbonyl (C=O) groups is 3. The van der Waals surface area contributed by atoms with E-state index in [9.17, 15) is 19.5 Å². The van der Waals surface area contributed by atoms with Crippen molar-refractivity contribution in [1.29, 1.82) is 0 Å². The number of nitrogens with zero attached hydrogens (tertiary/aromatic N) is 6. The lowest BCUT2D eigenvalue weighted by molar-refractivity contribution is -0.148. The van der Waals surface area contributed by atoms with Gasteiger partial charge < -0.3 is 19.8 Å². The van der Waals surface area contributed by atoms with Gasteiger partial charge in [-0.2, -0.15) is 0 Å². The first-order valence-electron chi connectivity index (χ1n) is 14.4. The van der Waals surface area contributed by atoms with Gasteiger partial charge in [0.15, 0.2) is 0 Å². The van der Waals surface area contributed by atoms with Crippen LogP contribution in [0.15, 0.2) is 49.6 Å². The van der Waals surface area contributed by atoms with Gasteiger partial charge in [-0.1, -0.05) is 49.8 Å². The molecular formula is C30H40N6O4S. The van der Waals surface area contributed by atoms with Gasteiger partial charge in [0.2, 0.25) is 17.7 Å². The molecular weight excluding hydrogens is 540 g/mol. The second-order valence-corrected chi connectivity index (χ2v) is 13.1. The number of carbonyl (C=O) groups excluding carboxylic acids is 3. The van der Waals surface area contributed by atoms with Crippen molar-refractivity contribution in [3.05, 3.63) is 49.6 Å². The van der Waals surface area contributed by atoms with Gasteiger partial charge >= 0.3 is 0 Å². The van der Waals surface area contributed by atoms with E-state index in [2.05, 4.69) is 23.5 Å². The smallest absolute Gasteiger partial charge is 0.248 e. The van der Waals surface area contributed by atoms with E-state index in [0.29, 0.717) is 13.0 Å². The Labute approximate surface area is 245 Å². The van der Waals surface area contributed by atoms with Gasteiger partial charge in [0, 0.05) is 25.4 Å². The number of benzene rings is 1. The molecule has 41 heavy (non-hydrogen) atoms. The largest absolute Gasteiger partial charge is 0.394 e. The summed E-state index contributed by atoms with van der Waals surface area (Å²) in [6.07, 6.45) is 5.49. The lowest BCUT2D eigenvalue weighted by atomic mass is 9.70. The first-order chi connectivity index (χ1) is 19.7. The van der Waals surface area contributed by atoms with Crippen molar-refractivity contribution in [2.24, 2.45) is 17.8 Å². The number of hydrogen-bond acceptors (Lipinski definition) is 7. The van der Waals surface area contributed by atoms with E-state index in [-0.39, 0.29) is 48.7 Å². The molecule has 3 fully saturated rings. The Balaban J connectivity index is 1.57. The van der Waals surface area contributed by atoms with Crippen LogP contribution in [0.3, 0.4) is 0 Å². The molecule has 10 nitrogen and oxygen atoms in total. The molecule has 1 N–H and O–H groups in total. The molecule has 1 aromatic heterocycles. The minimum Gasteiger partial charge on any atom is -0.394 e. The van der Waals surface area contributed by atoms with Gasteiger partial charge in [0.05, 0.1) is 34.7 Å². The van der Waals surface area contributed by atoms with Crippen LogP contribution in [0.5, 0.6) is 0 Å². The fourth-order valence-electron chi connectivity index (χ4n) is 7.09. The third kappa shape index (κ3) is 4.67. The molecule has 2 bridgehead atoms. The van der Waals surface area contributed by atoms with Gasteiger partial charge in [-0.15, -0.1) is 30.0 Å². The zero-order valence-electron chi connectivity index (χ0n) is 24.1. The molecule has 220 valence electrons. The summed E-state index contributed by atoms with van der Waals surface area (Å²) < 4.78 is 0.930. The van der Waals surface area contributed by atoms with Crippen LogP contribution in [-0.4, -0.2) is 101 Å². The van der Waals surface area contributed by atoms with E-state index in [1.807, 2.05) is 38.1 Å². The van der Waals surface area contributed by atoms with Crippen LogP contribution in [-0.2, 0) is 21.1 Å². The maximum absolute atomic E-state index is 14.7. The molecule has 5 rings (SSSR count). The minimum absolute atomic E-state index is 0.0375. The van der Waals surface area contributed by atoms with E-state index in [1.54, 1.807) is 50.3 Å². The van der Waals surface area contributed by atoms with Crippen molar-refractivity contribution in [2.75, 3.05) is 26.7 Å². The van der Waals surface area contributed by atoms with E-state index in [4.69, 9.17) is 0 Å². The molecule has 3 aliphatic rings. The summed E-state index contributed by atoms with van der Waals surface area (Å²) in [6.45, 7) is 12.2. The minimum atomic E-state index is -0.821. The van der Waals surface area contributed by atoms with Gasteiger partial charge in [0.25, 0.3) is 0 Å². The fraction of sp³-hybridized carbons (Fsp3) is 0.567. The Bertz CT molecular complexity index is 1350. The van der Waals surface area contributed by atoms with Crippen LogP contribution in [0.4, 0.5) is 0 Å². The molecule has 0 aliphatic carbocycles. The number of amides is 3. The lowest BCUT2D eigenvalue weighted by Gasteiger charge is -2.41. The molecule has 3 aliphatic heterocycles. The predicted octanol–water partition coefficient (Wildman–Crippen LogP) is 2.55. The fourth-order valence-corrected chi connectivity index (χ4v) is 9.28. The maximum Gasteiger partial charge on any atom is 0.248 e.